The summed E-state index contributed by atoms with van der Waals surface area (Å²) >= 11 is 0. The van der Waals surface area contributed by atoms with Gasteiger partial charge in [0.05, 0.1) is 10.4 Å². The number of carbonyl (C=O) groups is 1. The van der Waals surface area contributed by atoms with Crippen LogP contribution in [0.1, 0.15) is 12.0 Å². The molecule has 3 aromatic rings. The normalized spacial score (nSPS) is 10.8. The molecule has 1 aromatic heterocycles. The van der Waals surface area contributed by atoms with Gasteiger partial charge in [-0.1, -0.05) is 12.1 Å². The molecule has 26 heavy (non-hydrogen) atoms. The van der Waals surface area contributed by atoms with Crippen LogP contribution in [0.15, 0.2) is 51.7 Å². The summed E-state index contributed by atoms with van der Waals surface area (Å²) in [5.74, 6) is -1.06. The van der Waals surface area contributed by atoms with Crippen LogP contribution in [0.2, 0.25) is 0 Å². The van der Waals surface area contributed by atoms with Crippen LogP contribution in [0.25, 0.3) is 11.1 Å². The number of phenols is 1. The lowest BCUT2D eigenvalue weighted by Crippen LogP contribution is -2.25. The van der Waals surface area contributed by atoms with Gasteiger partial charge in [0, 0.05) is 37.2 Å². The number of aromatic hydroxyl groups is 1. The maximum Gasteiger partial charge on any atom is 0.419 e. The van der Waals surface area contributed by atoms with E-state index in [2.05, 4.69) is 5.32 Å². The lowest BCUT2D eigenvalue weighted by molar-refractivity contribution is -0.384. The molecule has 2 N–H and O–H groups in total. The van der Waals surface area contributed by atoms with Gasteiger partial charge >= 0.3 is 5.76 Å². The predicted molar refractivity (Wildman–Crippen MR) is 91.7 cm³/mol. The highest BCUT2D eigenvalue weighted by Crippen LogP contribution is 2.22. The van der Waals surface area contributed by atoms with Crippen molar-refractivity contribution in [1.29, 1.82) is 0 Å². The highest BCUT2D eigenvalue weighted by atomic mass is 16.6. The van der Waals surface area contributed by atoms with Gasteiger partial charge in [-0.3, -0.25) is 19.5 Å². The summed E-state index contributed by atoms with van der Waals surface area (Å²) in [7, 11) is 0. The summed E-state index contributed by atoms with van der Waals surface area (Å²) in [5.41, 5.74) is 1.10. The van der Waals surface area contributed by atoms with Crippen molar-refractivity contribution in [2.45, 2.75) is 19.5 Å². The van der Waals surface area contributed by atoms with Crippen LogP contribution in [-0.4, -0.2) is 20.5 Å². The lowest BCUT2D eigenvalue weighted by Gasteiger charge is -2.07. The average molecular weight is 357 g/mol. The maximum absolute atomic E-state index is 12.0. The second kappa shape index (κ2) is 7.09. The number of oxazole rings is 1. The van der Waals surface area contributed by atoms with Gasteiger partial charge in [0.15, 0.2) is 5.58 Å². The Labute approximate surface area is 146 Å². The first-order chi connectivity index (χ1) is 12.5. The topological polar surface area (TPSA) is 128 Å². The number of aryl methyl sites for hydroxylation is 1. The zero-order chi connectivity index (χ0) is 18.7. The second-order valence-electron chi connectivity index (χ2n) is 5.58. The van der Waals surface area contributed by atoms with Crippen LogP contribution >= 0.6 is 0 Å². The summed E-state index contributed by atoms with van der Waals surface area (Å²) in [6, 6.07) is 10.5. The highest BCUT2D eigenvalue weighted by molar-refractivity contribution is 5.76. The Kier molecular flexibility index (Phi) is 4.70. The number of benzene rings is 2. The number of nitrogens with zero attached hydrogens (tertiary/aromatic N) is 2. The summed E-state index contributed by atoms with van der Waals surface area (Å²) in [6.45, 7) is 0.0655. The number of nitro benzene ring substituents is 1. The Hall–Kier alpha value is -3.62. The molecule has 0 atom stereocenters. The van der Waals surface area contributed by atoms with E-state index in [9.17, 15) is 24.8 Å². The molecule has 2 aromatic carbocycles. The average Bonchev–Trinajstić information content (AvgIpc) is 2.94. The van der Waals surface area contributed by atoms with Gasteiger partial charge in [0.25, 0.3) is 5.69 Å². The van der Waals surface area contributed by atoms with E-state index in [4.69, 9.17) is 4.42 Å². The summed E-state index contributed by atoms with van der Waals surface area (Å²) in [5, 5.41) is 23.1. The number of phenolic OH excluding ortho intramolecular Hbond substituents is 1. The number of aromatic nitrogens is 1. The maximum atomic E-state index is 12.0. The molecule has 9 heteroatoms. The number of fused-ring (bicyclic) bond motifs is 1. The number of non-ortho nitro benzene ring substituents is 1. The van der Waals surface area contributed by atoms with Crippen molar-refractivity contribution in [3.8, 4) is 5.75 Å². The van der Waals surface area contributed by atoms with Crippen LogP contribution in [0.4, 0.5) is 5.69 Å². The van der Waals surface area contributed by atoms with Crippen molar-refractivity contribution in [2.75, 3.05) is 0 Å². The molecule has 1 heterocycles. The van der Waals surface area contributed by atoms with Crippen LogP contribution in [0, 0.1) is 10.1 Å². The first kappa shape index (κ1) is 17.2. The van der Waals surface area contributed by atoms with Crippen molar-refractivity contribution < 1.29 is 19.2 Å². The van der Waals surface area contributed by atoms with Crippen LogP contribution in [0.5, 0.6) is 5.75 Å². The number of amides is 1. The molecule has 0 saturated heterocycles. The highest BCUT2D eigenvalue weighted by Gasteiger charge is 2.13. The van der Waals surface area contributed by atoms with E-state index < -0.39 is 10.7 Å². The second-order valence-corrected chi connectivity index (χ2v) is 5.58. The summed E-state index contributed by atoms with van der Waals surface area (Å²) < 4.78 is 6.45. The minimum absolute atomic E-state index is 0.0130. The lowest BCUT2D eigenvalue weighted by atomic mass is 10.1. The van der Waals surface area contributed by atoms with E-state index >= 15 is 0 Å². The molecule has 0 aliphatic carbocycles. The van der Waals surface area contributed by atoms with Gasteiger partial charge < -0.3 is 14.8 Å². The zero-order valence-electron chi connectivity index (χ0n) is 13.5. The number of nitrogens with one attached hydrogen (secondary N) is 1. The van der Waals surface area contributed by atoms with Crippen LogP contribution in [-0.2, 0) is 17.9 Å². The fraction of sp³-hybridized carbons (Fsp3) is 0.176. The molecule has 0 spiro atoms. The van der Waals surface area contributed by atoms with Crippen molar-refractivity contribution >= 4 is 22.7 Å². The van der Waals surface area contributed by atoms with E-state index in [1.807, 2.05) is 0 Å². The third kappa shape index (κ3) is 3.56. The molecule has 0 radical (unpaired) electrons. The van der Waals surface area contributed by atoms with Gasteiger partial charge in [0.2, 0.25) is 5.91 Å². The van der Waals surface area contributed by atoms with Crippen LogP contribution in [0.3, 0.4) is 0 Å². The standard InChI is InChI=1S/C17H15N3O6/c21-14-6-5-12(20(24)25)9-11(14)10-18-16(22)7-8-19-13-3-1-2-4-15(13)26-17(19)23/h1-6,9,21H,7-8,10H2,(H,18,22). The molecule has 9 nitrogen and oxygen atoms in total. The molecule has 0 aliphatic rings. The van der Waals surface area contributed by atoms with Gasteiger partial charge in [-0.2, -0.15) is 0 Å². The van der Waals surface area contributed by atoms with Gasteiger partial charge in [-0.15, -0.1) is 0 Å². The monoisotopic (exact) mass is 357 g/mol. The third-order valence-corrected chi connectivity index (χ3v) is 3.89. The minimum Gasteiger partial charge on any atom is -0.508 e. The predicted octanol–water partition coefficient (Wildman–Crippen LogP) is 1.91. The minimum atomic E-state index is -0.582. The Balaban J connectivity index is 1.63. The largest absolute Gasteiger partial charge is 0.508 e. The Morgan fingerprint density at radius 2 is 2.04 bits per heavy atom. The summed E-state index contributed by atoms with van der Waals surface area (Å²) in [4.78, 5) is 34.0. The molecule has 0 fully saturated rings. The molecule has 0 saturated carbocycles. The molecule has 1 amide bonds. The van der Waals surface area contributed by atoms with Gasteiger partial charge in [-0.25, -0.2) is 4.79 Å². The quantitative estimate of drug-likeness (QED) is 0.512. The first-order valence-electron chi connectivity index (χ1n) is 7.77. The number of hydrogen-bond acceptors (Lipinski definition) is 6. The molecular weight excluding hydrogens is 342 g/mol. The van der Waals surface area contributed by atoms with Crippen molar-refractivity contribution in [3.63, 3.8) is 0 Å². The molecular formula is C17H15N3O6. The van der Waals surface area contributed by atoms with Crippen molar-refractivity contribution in [1.82, 2.24) is 9.88 Å². The fourth-order valence-electron chi connectivity index (χ4n) is 2.55. The third-order valence-electron chi connectivity index (χ3n) is 3.89. The van der Waals surface area contributed by atoms with E-state index in [-0.39, 0.29) is 42.4 Å². The SMILES string of the molecule is O=C(CCn1c(=O)oc2ccccc21)NCc1cc([N+](=O)[O-])ccc1O. The smallest absolute Gasteiger partial charge is 0.419 e. The van der Waals surface area contributed by atoms with Gasteiger partial charge in [-0.05, 0) is 18.2 Å². The number of hydrogen-bond donors (Lipinski definition) is 2. The fourth-order valence-corrected chi connectivity index (χ4v) is 2.55. The van der Waals surface area contributed by atoms with E-state index in [1.165, 1.54) is 22.8 Å². The Morgan fingerprint density at radius 3 is 2.81 bits per heavy atom. The number of nitro groups is 1. The molecule has 0 bridgehead atoms. The molecule has 0 unspecified atom stereocenters. The van der Waals surface area contributed by atoms with E-state index in [1.54, 1.807) is 24.3 Å². The van der Waals surface area contributed by atoms with Crippen LogP contribution < -0.4 is 11.1 Å². The Bertz CT molecular complexity index is 1040. The first-order valence-corrected chi connectivity index (χ1v) is 7.77. The Morgan fingerprint density at radius 1 is 1.27 bits per heavy atom. The number of para-hydroxylation sites is 2. The number of rotatable bonds is 6. The molecule has 134 valence electrons. The van der Waals surface area contributed by atoms with E-state index in [0.29, 0.717) is 11.1 Å². The zero-order valence-corrected chi connectivity index (χ0v) is 13.5. The van der Waals surface area contributed by atoms with E-state index in [0.717, 1.165) is 0 Å². The number of carbonyl (C=O) groups excluding carboxylic acids is 1. The molecule has 3 rings (SSSR count). The van der Waals surface area contributed by atoms with Crippen molar-refractivity contribution in [3.05, 3.63) is 68.7 Å². The van der Waals surface area contributed by atoms with Crippen molar-refractivity contribution in [2.24, 2.45) is 0 Å². The summed E-state index contributed by atoms with van der Waals surface area (Å²) in [6.07, 6.45) is 0.0130. The molecule has 0 aliphatic heterocycles. The van der Waals surface area contributed by atoms with Gasteiger partial charge in [0.1, 0.15) is 5.75 Å².